The molecule has 0 bridgehead atoms. The molecule has 300 valence electrons. The number of carbonyl (C=O) groups excluding carboxylic acids is 1. The topological polar surface area (TPSA) is 162 Å². The number of benzene rings is 2. The van der Waals surface area contributed by atoms with E-state index in [0.717, 1.165) is 72.1 Å². The maximum Gasteiger partial charge on any atom is 0.314 e. The predicted octanol–water partition coefficient (Wildman–Crippen LogP) is 6.13. The molecule has 0 spiro atoms. The monoisotopic (exact) mass is 793 g/mol. The number of nitrogens with zero attached hydrogens (tertiary/aromatic N) is 5. The van der Waals surface area contributed by atoms with E-state index in [4.69, 9.17) is 15.7 Å². The molecule has 2 atom stereocenters. The number of rotatable bonds is 10. The third-order valence-corrected chi connectivity index (χ3v) is 15.6. The summed E-state index contributed by atoms with van der Waals surface area (Å²) in [6, 6.07) is 10.3. The number of aromatic nitrogens is 4. The molecular formula is C41H59N7O5S2. The van der Waals surface area contributed by atoms with Crippen LogP contribution in [0.5, 0.6) is 0 Å². The molecule has 4 fully saturated rings. The Balaban J connectivity index is 0.000000170. The molecule has 2 aromatic heterocycles. The number of carbonyl (C=O) groups is 1. The fourth-order valence-electron chi connectivity index (χ4n) is 7.88. The highest BCUT2D eigenvalue weighted by Crippen LogP contribution is 2.36. The van der Waals surface area contributed by atoms with E-state index in [-0.39, 0.29) is 27.5 Å². The van der Waals surface area contributed by atoms with Crippen LogP contribution < -0.4 is 11.1 Å². The van der Waals surface area contributed by atoms with Gasteiger partial charge in [-0.2, -0.15) is 0 Å². The first-order valence-corrected chi connectivity index (χ1v) is 23.1. The summed E-state index contributed by atoms with van der Waals surface area (Å²) in [7, 11) is -6.84. The van der Waals surface area contributed by atoms with Crippen molar-refractivity contribution < 1.29 is 21.6 Å². The lowest BCUT2D eigenvalue weighted by atomic mass is 9.92. The van der Waals surface area contributed by atoms with Crippen LogP contribution in [0, 0.1) is 22.7 Å². The van der Waals surface area contributed by atoms with E-state index in [1.165, 1.54) is 30.6 Å². The molecule has 0 radical (unpaired) electrons. The van der Waals surface area contributed by atoms with E-state index in [0.29, 0.717) is 36.7 Å². The van der Waals surface area contributed by atoms with E-state index in [1.54, 1.807) is 24.3 Å². The SMILES string of the molecule is CC(C)(C)Cc1nc2cc(S(=O)(=O)[C@@H]3CCN(C(N)=O)C3)ccc2n1CC1CC1.CC(C)(C)Cc1nc2cc(S(=O)(=O)[C@@H]3CCNC3)ccc2n1CC1CC1. The standard InChI is InChI=1S/C21H30N4O3S.C20H29N3O2S/c1-21(2,3)11-19-23-17-10-15(6-7-18(17)25(19)12-14-4-5-14)29(27,28)16-8-9-24(13-16)20(22)26;1-20(2,3)11-19-22-17-10-15(26(24,25)16-8-9-21-12-16)6-7-18(17)23(19)13-14-4-5-14/h6-7,10,14,16H,4-5,8-9,11-13H2,1-3H3,(H2,22,26);6-7,10,14,16,21H,4-5,8-9,11-13H2,1-3H3/t2*16-/m11/s1. The summed E-state index contributed by atoms with van der Waals surface area (Å²) >= 11 is 0. The number of urea groups is 1. The van der Waals surface area contributed by atoms with Crippen LogP contribution in [0.4, 0.5) is 4.79 Å². The minimum Gasteiger partial charge on any atom is -0.351 e. The van der Waals surface area contributed by atoms with Gasteiger partial charge in [0.1, 0.15) is 11.6 Å². The van der Waals surface area contributed by atoms with Crippen LogP contribution in [0.1, 0.15) is 91.7 Å². The van der Waals surface area contributed by atoms with Crippen molar-refractivity contribution in [1.82, 2.24) is 29.3 Å². The molecular weight excluding hydrogens is 735 g/mol. The van der Waals surface area contributed by atoms with Gasteiger partial charge in [0.05, 0.1) is 42.4 Å². The molecule has 3 N–H and O–H groups in total. The molecule has 4 aliphatic rings. The molecule has 0 unspecified atom stereocenters. The second kappa shape index (κ2) is 14.8. The highest BCUT2D eigenvalue weighted by atomic mass is 32.2. The van der Waals surface area contributed by atoms with Crippen molar-refractivity contribution in [2.24, 2.45) is 28.4 Å². The molecule has 2 saturated heterocycles. The van der Waals surface area contributed by atoms with Crippen LogP contribution in [-0.4, -0.2) is 83.5 Å². The summed E-state index contributed by atoms with van der Waals surface area (Å²) in [5.41, 5.74) is 9.17. The van der Waals surface area contributed by atoms with Gasteiger partial charge in [-0.25, -0.2) is 31.6 Å². The van der Waals surface area contributed by atoms with Crippen LogP contribution in [-0.2, 0) is 45.6 Å². The highest BCUT2D eigenvalue weighted by molar-refractivity contribution is 7.92. The first kappa shape index (κ1) is 39.7. The third-order valence-electron chi connectivity index (χ3n) is 11.3. The van der Waals surface area contributed by atoms with Gasteiger partial charge in [-0.1, -0.05) is 41.5 Å². The molecule has 8 rings (SSSR count). The van der Waals surface area contributed by atoms with E-state index in [9.17, 15) is 21.6 Å². The van der Waals surface area contributed by atoms with Gasteiger partial charge in [0.2, 0.25) is 0 Å². The molecule has 2 saturated carbocycles. The summed E-state index contributed by atoms with van der Waals surface area (Å²) in [6.07, 6.45) is 7.90. The predicted molar refractivity (Wildman–Crippen MR) is 216 cm³/mol. The van der Waals surface area contributed by atoms with Gasteiger partial charge in [-0.3, -0.25) is 0 Å². The van der Waals surface area contributed by atoms with Gasteiger partial charge < -0.3 is 25.1 Å². The number of likely N-dealkylation sites (tertiary alicyclic amines) is 1. The lowest BCUT2D eigenvalue weighted by Crippen LogP contribution is -2.35. The Kier molecular flexibility index (Phi) is 10.7. The Morgan fingerprint density at radius 3 is 1.58 bits per heavy atom. The van der Waals surface area contributed by atoms with Gasteiger partial charge >= 0.3 is 6.03 Å². The lowest BCUT2D eigenvalue weighted by molar-refractivity contribution is 0.218. The number of sulfone groups is 2. The quantitative estimate of drug-likeness (QED) is 0.194. The van der Waals surface area contributed by atoms with Crippen molar-refractivity contribution in [3.63, 3.8) is 0 Å². The van der Waals surface area contributed by atoms with Crippen molar-refractivity contribution in [1.29, 1.82) is 0 Å². The lowest BCUT2D eigenvalue weighted by Gasteiger charge is -2.18. The first-order valence-electron chi connectivity index (χ1n) is 20.0. The normalized spacial score (nSPS) is 21.0. The number of nitrogens with one attached hydrogen (secondary N) is 1. The van der Waals surface area contributed by atoms with E-state index >= 15 is 0 Å². The number of hydrogen-bond donors (Lipinski definition) is 2. The van der Waals surface area contributed by atoms with E-state index < -0.39 is 31.0 Å². The summed E-state index contributed by atoms with van der Waals surface area (Å²) in [5.74, 6) is 3.55. The number of primary amides is 1. The Labute approximate surface area is 326 Å². The molecule has 4 aromatic rings. The number of hydrogen-bond acceptors (Lipinski definition) is 8. The zero-order valence-corrected chi connectivity index (χ0v) is 35.0. The largest absolute Gasteiger partial charge is 0.351 e. The second-order valence-electron chi connectivity index (χ2n) is 18.8. The first-order chi connectivity index (χ1) is 25.8. The molecule has 2 aliphatic carbocycles. The molecule has 2 aromatic carbocycles. The van der Waals surface area contributed by atoms with Crippen LogP contribution in [0.3, 0.4) is 0 Å². The maximum atomic E-state index is 13.1. The summed E-state index contributed by atoms with van der Waals surface area (Å²) in [4.78, 5) is 23.2. The van der Waals surface area contributed by atoms with Crippen molar-refractivity contribution in [2.45, 2.75) is 126 Å². The third kappa shape index (κ3) is 9.06. The van der Waals surface area contributed by atoms with Gasteiger partial charge in [0, 0.05) is 45.6 Å². The van der Waals surface area contributed by atoms with Crippen LogP contribution in [0.2, 0.25) is 0 Å². The maximum absolute atomic E-state index is 13.1. The van der Waals surface area contributed by atoms with Gasteiger partial charge in [0.15, 0.2) is 19.7 Å². The van der Waals surface area contributed by atoms with Crippen molar-refractivity contribution in [3.05, 3.63) is 48.0 Å². The fraction of sp³-hybridized carbons (Fsp3) is 0.634. The van der Waals surface area contributed by atoms with Gasteiger partial charge in [0.25, 0.3) is 0 Å². The molecule has 14 heteroatoms. The zero-order valence-electron chi connectivity index (χ0n) is 33.3. The number of fused-ring (bicyclic) bond motifs is 2. The minimum absolute atomic E-state index is 0.0969. The number of amides is 2. The average molecular weight is 794 g/mol. The van der Waals surface area contributed by atoms with Crippen LogP contribution in [0.15, 0.2) is 46.2 Å². The van der Waals surface area contributed by atoms with Crippen molar-refractivity contribution >= 4 is 47.8 Å². The average Bonchev–Trinajstić information content (AvgIpc) is 3.85. The number of imidazole rings is 2. The van der Waals surface area contributed by atoms with Gasteiger partial charge in [-0.15, -0.1) is 0 Å². The summed E-state index contributed by atoms with van der Waals surface area (Å²) in [6.45, 7) is 17.0. The summed E-state index contributed by atoms with van der Waals surface area (Å²) < 4.78 is 56.7. The zero-order chi connectivity index (χ0) is 39.5. The van der Waals surface area contributed by atoms with Crippen LogP contribution in [0.25, 0.3) is 22.1 Å². The van der Waals surface area contributed by atoms with E-state index in [2.05, 4.69) is 56.0 Å². The Morgan fingerprint density at radius 2 is 1.20 bits per heavy atom. The minimum atomic E-state index is -3.54. The second-order valence-corrected chi connectivity index (χ2v) is 23.3. The van der Waals surface area contributed by atoms with Gasteiger partial charge in [-0.05, 0) is 104 Å². The molecule has 2 aliphatic heterocycles. The Morgan fingerprint density at radius 1 is 0.727 bits per heavy atom. The number of nitrogens with two attached hydrogens (primary N) is 1. The Hall–Kier alpha value is -3.49. The molecule has 55 heavy (non-hydrogen) atoms. The fourth-order valence-corrected chi connectivity index (χ4v) is 11.3. The Bertz CT molecular complexity index is 2290. The molecule has 12 nitrogen and oxygen atoms in total. The molecule has 2 amide bonds. The van der Waals surface area contributed by atoms with Crippen molar-refractivity contribution in [2.75, 3.05) is 26.2 Å². The summed E-state index contributed by atoms with van der Waals surface area (Å²) in [5, 5.41) is 2.22. The van der Waals surface area contributed by atoms with Crippen LogP contribution >= 0.6 is 0 Å². The highest BCUT2D eigenvalue weighted by Gasteiger charge is 2.36. The smallest absolute Gasteiger partial charge is 0.314 e. The van der Waals surface area contributed by atoms with E-state index in [1.807, 2.05) is 12.1 Å². The molecule has 4 heterocycles. The van der Waals surface area contributed by atoms with Crippen molar-refractivity contribution in [3.8, 4) is 0 Å².